The van der Waals surface area contributed by atoms with E-state index in [1.54, 1.807) is 7.11 Å². The van der Waals surface area contributed by atoms with Crippen molar-refractivity contribution in [3.05, 3.63) is 66.1 Å². The van der Waals surface area contributed by atoms with Crippen molar-refractivity contribution in [3.63, 3.8) is 0 Å². The molecule has 0 fully saturated rings. The van der Waals surface area contributed by atoms with Crippen LogP contribution in [0.25, 0.3) is 11.4 Å². The number of carbonyl (C=O) groups excluding carboxylic acids is 1. The summed E-state index contributed by atoms with van der Waals surface area (Å²) in [5, 5.41) is 9.37. The molecule has 2 amide bonds. The molecule has 128 valence electrons. The Morgan fingerprint density at radius 3 is 2.48 bits per heavy atom. The van der Waals surface area contributed by atoms with Crippen LogP contribution in [0, 0.1) is 0 Å². The monoisotopic (exact) mass is 338 g/mol. The van der Waals surface area contributed by atoms with E-state index in [2.05, 4.69) is 20.8 Å². The minimum absolute atomic E-state index is 0.157. The molecule has 2 aromatic carbocycles. The number of hydrogen-bond donors (Lipinski definition) is 2. The molecule has 0 atom stereocenters. The predicted octanol–water partition coefficient (Wildman–Crippen LogP) is 2.74. The highest BCUT2D eigenvalue weighted by Gasteiger charge is 2.10. The van der Waals surface area contributed by atoms with Gasteiger partial charge in [0.15, 0.2) is 0 Å². The third-order valence-electron chi connectivity index (χ3n) is 3.51. The van der Waals surface area contributed by atoms with Crippen LogP contribution in [0.2, 0.25) is 0 Å². The molecule has 0 aliphatic heterocycles. The topological polar surface area (TPSA) is 89.3 Å². The fraction of sp³-hybridized carbons (Fsp3) is 0.167. The third kappa shape index (κ3) is 4.57. The second kappa shape index (κ2) is 7.96. The van der Waals surface area contributed by atoms with Gasteiger partial charge in [-0.3, -0.25) is 0 Å². The van der Waals surface area contributed by atoms with Crippen LogP contribution in [0.1, 0.15) is 11.5 Å². The number of benzene rings is 2. The average Bonchev–Trinajstić information content (AvgIpc) is 3.14. The summed E-state index contributed by atoms with van der Waals surface area (Å²) in [4.78, 5) is 16.1. The summed E-state index contributed by atoms with van der Waals surface area (Å²) >= 11 is 0. The summed E-state index contributed by atoms with van der Waals surface area (Å²) in [6.45, 7) is 0.609. The van der Waals surface area contributed by atoms with Crippen molar-refractivity contribution in [3.8, 4) is 17.1 Å². The van der Waals surface area contributed by atoms with Gasteiger partial charge in [-0.2, -0.15) is 4.98 Å². The Hall–Kier alpha value is -3.35. The lowest BCUT2D eigenvalue weighted by molar-refractivity contribution is 0.238. The first-order chi connectivity index (χ1) is 12.2. The second-order valence-electron chi connectivity index (χ2n) is 5.26. The van der Waals surface area contributed by atoms with E-state index in [1.165, 1.54) is 0 Å². The molecule has 7 nitrogen and oxygen atoms in total. The maximum absolute atomic E-state index is 11.8. The first-order valence-corrected chi connectivity index (χ1v) is 7.77. The van der Waals surface area contributed by atoms with Crippen molar-refractivity contribution in [2.75, 3.05) is 7.11 Å². The zero-order chi connectivity index (χ0) is 17.5. The first kappa shape index (κ1) is 16.5. The van der Waals surface area contributed by atoms with Crippen molar-refractivity contribution < 1.29 is 14.1 Å². The molecule has 0 radical (unpaired) electrons. The van der Waals surface area contributed by atoms with Crippen LogP contribution in [0.15, 0.2) is 59.1 Å². The second-order valence-corrected chi connectivity index (χ2v) is 5.26. The van der Waals surface area contributed by atoms with Gasteiger partial charge in [0.25, 0.3) is 0 Å². The highest BCUT2D eigenvalue weighted by Crippen LogP contribution is 2.19. The van der Waals surface area contributed by atoms with Crippen LogP contribution in [-0.2, 0) is 13.1 Å². The fourth-order valence-corrected chi connectivity index (χ4v) is 2.18. The number of urea groups is 1. The SMILES string of the molecule is COc1ccc(-c2noc(CNC(=O)NCc3ccccc3)n2)cc1. The maximum Gasteiger partial charge on any atom is 0.315 e. The standard InChI is InChI=1S/C18H18N4O3/c1-24-15-9-7-14(8-10-15)17-21-16(25-22-17)12-20-18(23)19-11-13-5-3-2-4-6-13/h2-10H,11-12H2,1H3,(H2,19,20,23). The lowest BCUT2D eigenvalue weighted by Crippen LogP contribution is -2.34. The molecule has 25 heavy (non-hydrogen) atoms. The van der Waals surface area contributed by atoms with Gasteiger partial charge in [0.2, 0.25) is 11.7 Å². The average molecular weight is 338 g/mol. The number of rotatable bonds is 6. The van der Waals surface area contributed by atoms with Gasteiger partial charge in [-0.1, -0.05) is 35.5 Å². The van der Waals surface area contributed by atoms with Gasteiger partial charge in [-0.05, 0) is 29.8 Å². The number of ether oxygens (including phenoxy) is 1. The molecular weight excluding hydrogens is 320 g/mol. The van der Waals surface area contributed by atoms with Crippen LogP contribution in [-0.4, -0.2) is 23.3 Å². The van der Waals surface area contributed by atoms with Crippen molar-refractivity contribution in [1.29, 1.82) is 0 Å². The van der Waals surface area contributed by atoms with E-state index < -0.39 is 0 Å². The van der Waals surface area contributed by atoms with E-state index in [1.807, 2.05) is 54.6 Å². The van der Waals surface area contributed by atoms with Gasteiger partial charge in [-0.25, -0.2) is 4.79 Å². The molecule has 3 aromatic rings. The Labute approximate surface area is 145 Å². The third-order valence-corrected chi connectivity index (χ3v) is 3.51. The van der Waals surface area contributed by atoms with Gasteiger partial charge >= 0.3 is 6.03 Å². The van der Waals surface area contributed by atoms with Gasteiger partial charge < -0.3 is 19.9 Å². The normalized spacial score (nSPS) is 10.3. The van der Waals surface area contributed by atoms with E-state index in [0.717, 1.165) is 16.9 Å². The van der Waals surface area contributed by atoms with Gasteiger partial charge in [0.05, 0.1) is 13.7 Å². The Balaban J connectivity index is 1.50. The number of nitrogens with one attached hydrogen (secondary N) is 2. The largest absolute Gasteiger partial charge is 0.497 e. The Morgan fingerprint density at radius 2 is 1.76 bits per heavy atom. The molecule has 0 spiro atoms. The molecule has 1 aromatic heterocycles. The smallest absolute Gasteiger partial charge is 0.315 e. The highest BCUT2D eigenvalue weighted by atomic mass is 16.5. The quantitative estimate of drug-likeness (QED) is 0.721. The van der Waals surface area contributed by atoms with E-state index in [9.17, 15) is 4.79 Å². The van der Waals surface area contributed by atoms with Crippen LogP contribution in [0.3, 0.4) is 0 Å². The number of aromatic nitrogens is 2. The Kier molecular flexibility index (Phi) is 5.26. The first-order valence-electron chi connectivity index (χ1n) is 7.77. The zero-order valence-electron chi connectivity index (χ0n) is 13.7. The van der Waals surface area contributed by atoms with Crippen LogP contribution in [0.5, 0.6) is 5.75 Å². The lowest BCUT2D eigenvalue weighted by Gasteiger charge is -2.05. The molecule has 2 N–H and O–H groups in total. The van der Waals surface area contributed by atoms with Crippen LogP contribution >= 0.6 is 0 Å². The van der Waals surface area contributed by atoms with Gasteiger partial charge in [0.1, 0.15) is 5.75 Å². The van der Waals surface area contributed by atoms with Crippen molar-refractivity contribution in [1.82, 2.24) is 20.8 Å². The summed E-state index contributed by atoms with van der Waals surface area (Å²) in [7, 11) is 1.61. The van der Waals surface area contributed by atoms with Crippen LogP contribution in [0.4, 0.5) is 4.79 Å². The maximum atomic E-state index is 11.8. The number of carbonyl (C=O) groups is 1. The Bertz CT molecular complexity index is 816. The Morgan fingerprint density at radius 1 is 1.04 bits per heavy atom. The van der Waals surface area contributed by atoms with Crippen LogP contribution < -0.4 is 15.4 Å². The van der Waals surface area contributed by atoms with E-state index in [0.29, 0.717) is 18.3 Å². The molecule has 1 heterocycles. The summed E-state index contributed by atoms with van der Waals surface area (Å²) < 4.78 is 10.3. The molecule has 0 aliphatic rings. The molecular formula is C18H18N4O3. The van der Waals surface area contributed by atoms with E-state index in [4.69, 9.17) is 9.26 Å². The predicted molar refractivity (Wildman–Crippen MR) is 91.8 cm³/mol. The molecule has 0 bridgehead atoms. The van der Waals surface area contributed by atoms with Gasteiger partial charge in [-0.15, -0.1) is 0 Å². The number of methoxy groups -OCH3 is 1. The summed E-state index contributed by atoms with van der Waals surface area (Å²) in [6, 6.07) is 16.7. The summed E-state index contributed by atoms with van der Waals surface area (Å²) in [5.74, 6) is 1.55. The highest BCUT2D eigenvalue weighted by molar-refractivity contribution is 5.73. The lowest BCUT2D eigenvalue weighted by atomic mass is 10.2. The molecule has 7 heteroatoms. The van der Waals surface area contributed by atoms with Crippen molar-refractivity contribution in [2.24, 2.45) is 0 Å². The minimum atomic E-state index is -0.298. The molecule has 0 unspecified atom stereocenters. The van der Waals surface area contributed by atoms with Gasteiger partial charge in [0, 0.05) is 12.1 Å². The van der Waals surface area contributed by atoms with E-state index >= 15 is 0 Å². The van der Waals surface area contributed by atoms with E-state index in [-0.39, 0.29) is 12.6 Å². The number of hydrogen-bond acceptors (Lipinski definition) is 5. The summed E-state index contributed by atoms with van der Waals surface area (Å²) in [6.07, 6.45) is 0. The molecule has 0 aliphatic carbocycles. The molecule has 0 saturated carbocycles. The number of amides is 2. The zero-order valence-corrected chi connectivity index (χ0v) is 13.7. The molecule has 3 rings (SSSR count). The van der Waals surface area contributed by atoms with Crippen molar-refractivity contribution >= 4 is 6.03 Å². The fourth-order valence-electron chi connectivity index (χ4n) is 2.18. The minimum Gasteiger partial charge on any atom is -0.497 e. The summed E-state index contributed by atoms with van der Waals surface area (Å²) in [5.41, 5.74) is 1.83. The molecule has 0 saturated heterocycles. The van der Waals surface area contributed by atoms with Crippen molar-refractivity contribution in [2.45, 2.75) is 13.1 Å². The number of nitrogens with zero attached hydrogens (tertiary/aromatic N) is 2.